The summed E-state index contributed by atoms with van der Waals surface area (Å²) in [5.41, 5.74) is 4.18. The Hall–Kier alpha value is -1.22. The Labute approximate surface area is 88.6 Å². The molecule has 1 aromatic heterocycles. The number of aryl methyl sites for hydroxylation is 1. The summed E-state index contributed by atoms with van der Waals surface area (Å²) in [6.45, 7) is 6.08. The lowest BCUT2D eigenvalue weighted by Gasteiger charge is -1.98. The zero-order chi connectivity index (χ0) is 10.4. The molecule has 3 heteroatoms. The molecule has 0 saturated heterocycles. The van der Waals surface area contributed by atoms with E-state index in [-0.39, 0.29) is 0 Å². The van der Waals surface area contributed by atoms with Gasteiger partial charge in [0.1, 0.15) is 10.5 Å². The van der Waals surface area contributed by atoms with Gasteiger partial charge in [-0.3, -0.25) is 0 Å². The minimum absolute atomic E-state index is 0.994. The Morgan fingerprint density at radius 3 is 2.43 bits per heavy atom. The molecule has 0 atom stereocenters. The first kappa shape index (κ1) is 10.9. The number of rotatable bonds is 1. The second kappa shape index (κ2) is 5.50. The molecule has 14 heavy (non-hydrogen) atoms. The number of benzene rings is 1. The monoisotopic (exact) mass is 206 g/mol. The minimum atomic E-state index is 0.994. The molecule has 0 aliphatic heterocycles. The molecule has 2 nitrogen and oxygen atoms in total. The van der Waals surface area contributed by atoms with E-state index in [0.29, 0.717) is 0 Å². The van der Waals surface area contributed by atoms with E-state index in [2.05, 4.69) is 29.3 Å². The van der Waals surface area contributed by atoms with Gasteiger partial charge in [-0.2, -0.15) is 0 Å². The number of hydrogen-bond acceptors (Lipinski definition) is 3. The number of hydrogen-bond donors (Lipinski definition) is 0. The summed E-state index contributed by atoms with van der Waals surface area (Å²) < 4.78 is 0. The van der Waals surface area contributed by atoms with Crippen molar-refractivity contribution in [3.8, 4) is 10.6 Å². The molecule has 1 aromatic carbocycles. The molecule has 0 bridgehead atoms. The van der Waals surface area contributed by atoms with E-state index < -0.39 is 0 Å². The van der Waals surface area contributed by atoms with E-state index in [4.69, 9.17) is 0 Å². The molecule has 0 unspecified atom stereocenters. The van der Waals surface area contributed by atoms with Crippen molar-refractivity contribution in [2.45, 2.75) is 20.8 Å². The van der Waals surface area contributed by atoms with Crippen molar-refractivity contribution in [2.24, 2.45) is 0 Å². The minimum Gasteiger partial charge on any atom is -0.147 e. The quantitative estimate of drug-likeness (QED) is 0.713. The van der Waals surface area contributed by atoms with Gasteiger partial charge in [0.25, 0.3) is 0 Å². The van der Waals surface area contributed by atoms with E-state index in [1.165, 1.54) is 11.1 Å². The molecular weight excluding hydrogens is 192 g/mol. The summed E-state index contributed by atoms with van der Waals surface area (Å²) in [6, 6.07) is 8.19. The van der Waals surface area contributed by atoms with Crippen molar-refractivity contribution in [3.05, 3.63) is 35.3 Å². The van der Waals surface area contributed by atoms with Crippen LogP contribution in [0.4, 0.5) is 0 Å². The van der Waals surface area contributed by atoms with Gasteiger partial charge in [0, 0.05) is 5.56 Å². The van der Waals surface area contributed by atoms with E-state index >= 15 is 0 Å². The maximum Gasteiger partial charge on any atom is 0.147 e. The Morgan fingerprint density at radius 2 is 1.86 bits per heavy atom. The SMILES string of the molecule is CC.Cc1ccccc1-c1nncs1. The lowest BCUT2D eigenvalue weighted by molar-refractivity contribution is 1.09. The highest BCUT2D eigenvalue weighted by molar-refractivity contribution is 7.12. The molecule has 0 fully saturated rings. The Kier molecular flexibility index (Phi) is 4.26. The fourth-order valence-electron chi connectivity index (χ4n) is 1.10. The lowest BCUT2D eigenvalue weighted by Crippen LogP contribution is -1.80. The van der Waals surface area contributed by atoms with Crippen LogP contribution in [0.15, 0.2) is 29.8 Å². The van der Waals surface area contributed by atoms with E-state index in [1.807, 2.05) is 26.0 Å². The Morgan fingerprint density at radius 1 is 1.14 bits per heavy atom. The van der Waals surface area contributed by atoms with E-state index in [0.717, 1.165) is 5.01 Å². The normalized spacial score (nSPS) is 9.07. The molecule has 2 rings (SSSR count). The predicted octanol–water partition coefficient (Wildman–Crippen LogP) is 3.54. The maximum absolute atomic E-state index is 4.02. The first-order chi connectivity index (χ1) is 6.88. The highest BCUT2D eigenvalue weighted by Gasteiger charge is 2.02. The molecular formula is C11H14N2S. The smallest absolute Gasteiger partial charge is 0.147 e. The van der Waals surface area contributed by atoms with E-state index in [1.54, 1.807) is 16.8 Å². The molecule has 0 radical (unpaired) electrons. The van der Waals surface area contributed by atoms with Gasteiger partial charge < -0.3 is 0 Å². The average Bonchev–Trinajstić information content (AvgIpc) is 2.75. The fraction of sp³-hybridized carbons (Fsp3) is 0.273. The first-order valence-electron chi connectivity index (χ1n) is 4.70. The molecule has 0 spiro atoms. The van der Waals surface area contributed by atoms with Crippen LogP contribution in [-0.2, 0) is 0 Å². The zero-order valence-corrected chi connectivity index (χ0v) is 9.51. The van der Waals surface area contributed by atoms with Crippen molar-refractivity contribution in [1.82, 2.24) is 10.2 Å². The third-order valence-electron chi connectivity index (χ3n) is 1.74. The van der Waals surface area contributed by atoms with Gasteiger partial charge in [-0.25, -0.2) is 0 Å². The highest BCUT2D eigenvalue weighted by Crippen LogP contribution is 2.23. The van der Waals surface area contributed by atoms with Crippen LogP contribution in [0.25, 0.3) is 10.6 Å². The highest BCUT2D eigenvalue weighted by atomic mass is 32.1. The summed E-state index contributed by atoms with van der Waals surface area (Å²) in [5.74, 6) is 0. The van der Waals surface area contributed by atoms with Crippen molar-refractivity contribution >= 4 is 11.3 Å². The van der Waals surface area contributed by atoms with Gasteiger partial charge in [-0.1, -0.05) is 49.4 Å². The van der Waals surface area contributed by atoms with Crippen molar-refractivity contribution in [2.75, 3.05) is 0 Å². The topological polar surface area (TPSA) is 25.8 Å². The van der Waals surface area contributed by atoms with Crippen LogP contribution in [0.5, 0.6) is 0 Å². The van der Waals surface area contributed by atoms with Gasteiger partial charge in [-0.05, 0) is 12.5 Å². The van der Waals surface area contributed by atoms with Crippen LogP contribution in [0, 0.1) is 6.92 Å². The lowest BCUT2D eigenvalue weighted by atomic mass is 10.1. The largest absolute Gasteiger partial charge is 0.147 e. The molecule has 1 heterocycles. The predicted molar refractivity (Wildman–Crippen MR) is 61.4 cm³/mol. The Balaban J connectivity index is 0.000000461. The van der Waals surface area contributed by atoms with Gasteiger partial charge in [0.05, 0.1) is 0 Å². The molecule has 74 valence electrons. The van der Waals surface area contributed by atoms with E-state index in [9.17, 15) is 0 Å². The van der Waals surface area contributed by atoms with Crippen LogP contribution in [0.1, 0.15) is 19.4 Å². The second-order valence-electron chi connectivity index (χ2n) is 2.56. The van der Waals surface area contributed by atoms with Crippen LogP contribution < -0.4 is 0 Å². The van der Waals surface area contributed by atoms with Crippen molar-refractivity contribution < 1.29 is 0 Å². The first-order valence-corrected chi connectivity index (χ1v) is 5.58. The summed E-state index contributed by atoms with van der Waals surface area (Å²) in [6.07, 6.45) is 0. The van der Waals surface area contributed by atoms with Crippen LogP contribution >= 0.6 is 11.3 Å². The standard InChI is InChI=1S/C9H8N2S.C2H6/c1-7-4-2-3-5-8(7)9-11-10-6-12-9;1-2/h2-6H,1H3;1-2H3. The molecule has 0 amide bonds. The van der Waals surface area contributed by atoms with Crippen LogP contribution in [0.3, 0.4) is 0 Å². The second-order valence-corrected chi connectivity index (χ2v) is 3.39. The third-order valence-corrected chi connectivity index (χ3v) is 2.46. The third kappa shape index (κ3) is 2.39. The van der Waals surface area contributed by atoms with Gasteiger partial charge in [-0.15, -0.1) is 10.2 Å². The zero-order valence-electron chi connectivity index (χ0n) is 8.69. The van der Waals surface area contributed by atoms with Gasteiger partial charge in [0.15, 0.2) is 0 Å². The molecule has 0 aliphatic carbocycles. The summed E-state index contributed by atoms with van der Waals surface area (Å²) >= 11 is 1.57. The summed E-state index contributed by atoms with van der Waals surface area (Å²) in [5, 5.41) is 8.82. The summed E-state index contributed by atoms with van der Waals surface area (Å²) in [7, 11) is 0. The van der Waals surface area contributed by atoms with Crippen molar-refractivity contribution in [1.29, 1.82) is 0 Å². The number of aromatic nitrogens is 2. The maximum atomic E-state index is 4.02. The Bertz CT molecular complexity index is 369. The van der Waals surface area contributed by atoms with Crippen LogP contribution in [0.2, 0.25) is 0 Å². The molecule has 2 aromatic rings. The molecule has 0 N–H and O–H groups in total. The van der Waals surface area contributed by atoms with Crippen LogP contribution in [-0.4, -0.2) is 10.2 Å². The fourth-order valence-corrected chi connectivity index (χ4v) is 1.75. The number of nitrogens with zero attached hydrogens (tertiary/aromatic N) is 2. The molecule has 0 aliphatic rings. The summed E-state index contributed by atoms with van der Waals surface area (Å²) in [4.78, 5) is 0. The van der Waals surface area contributed by atoms with Gasteiger partial charge >= 0.3 is 0 Å². The van der Waals surface area contributed by atoms with Crippen molar-refractivity contribution in [3.63, 3.8) is 0 Å². The average molecular weight is 206 g/mol. The molecule has 0 saturated carbocycles. The van der Waals surface area contributed by atoms with Gasteiger partial charge in [0.2, 0.25) is 0 Å².